The number of benzene rings is 2. The predicted octanol–water partition coefficient (Wildman–Crippen LogP) is 3.92. The van der Waals surface area contributed by atoms with E-state index in [0.29, 0.717) is 4.99 Å². The predicted molar refractivity (Wildman–Crippen MR) is 92.1 cm³/mol. The number of anilines is 2. The highest BCUT2D eigenvalue weighted by atomic mass is 32.1. The van der Waals surface area contributed by atoms with Crippen molar-refractivity contribution < 1.29 is 0 Å². The van der Waals surface area contributed by atoms with Gasteiger partial charge in [-0.25, -0.2) is 0 Å². The second-order valence-electron chi connectivity index (χ2n) is 4.92. The molecule has 1 aromatic heterocycles. The molecule has 2 aromatic carbocycles. The van der Waals surface area contributed by atoms with Crippen molar-refractivity contribution in [1.29, 1.82) is 0 Å². The zero-order valence-corrected chi connectivity index (χ0v) is 12.4. The van der Waals surface area contributed by atoms with E-state index in [0.717, 1.165) is 33.4 Å². The first-order valence-corrected chi connectivity index (χ1v) is 7.07. The molecule has 0 spiro atoms. The number of rotatable bonds is 3. The van der Waals surface area contributed by atoms with E-state index < -0.39 is 0 Å². The Bertz CT molecular complexity index is 822. The van der Waals surface area contributed by atoms with Crippen LogP contribution in [-0.2, 0) is 0 Å². The van der Waals surface area contributed by atoms with Crippen molar-refractivity contribution in [2.75, 3.05) is 5.32 Å². The third-order valence-electron chi connectivity index (χ3n) is 3.34. The maximum Gasteiger partial charge on any atom is 0.106 e. The summed E-state index contributed by atoms with van der Waals surface area (Å²) in [6.07, 6.45) is 1.79. The molecule has 1 heterocycles. The molecule has 0 aliphatic rings. The van der Waals surface area contributed by atoms with Crippen molar-refractivity contribution >= 4 is 39.5 Å². The van der Waals surface area contributed by atoms with E-state index in [1.807, 2.05) is 55.5 Å². The largest absolute Gasteiger partial charge is 0.389 e. The molecule has 3 N–H and O–H groups in total. The average Bonchev–Trinajstić information content (AvgIpc) is 2.47. The van der Waals surface area contributed by atoms with Gasteiger partial charge in [0, 0.05) is 22.8 Å². The number of hydrogen-bond acceptors (Lipinski definition) is 3. The molecule has 3 nitrogen and oxygen atoms in total. The maximum absolute atomic E-state index is 5.81. The van der Waals surface area contributed by atoms with E-state index in [4.69, 9.17) is 18.0 Å². The van der Waals surface area contributed by atoms with Crippen molar-refractivity contribution in [2.45, 2.75) is 6.92 Å². The number of nitrogens with zero attached hydrogens (tertiary/aromatic N) is 1. The molecule has 21 heavy (non-hydrogen) atoms. The number of nitrogens with one attached hydrogen (secondary N) is 1. The van der Waals surface area contributed by atoms with Gasteiger partial charge in [-0.1, -0.05) is 36.5 Å². The van der Waals surface area contributed by atoms with Gasteiger partial charge in [-0.15, -0.1) is 0 Å². The molecule has 0 saturated heterocycles. The van der Waals surface area contributed by atoms with Gasteiger partial charge in [0.15, 0.2) is 0 Å². The van der Waals surface area contributed by atoms with Gasteiger partial charge >= 0.3 is 0 Å². The van der Waals surface area contributed by atoms with Crippen LogP contribution in [0.4, 0.5) is 11.4 Å². The normalized spacial score (nSPS) is 10.5. The molecule has 0 fully saturated rings. The summed E-state index contributed by atoms with van der Waals surface area (Å²) in [4.78, 5) is 4.83. The molecule has 0 radical (unpaired) electrons. The highest BCUT2D eigenvalue weighted by molar-refractivity contribution is 7.80. The fraction of sp³-hybridized carbons (Fsp3) is 0.0588. The third kappa shape index (κ3) is 2.71. The van der Waals surface area contributed by atoms with Crippen LogP contribution in [0.5, 0.6) is 0 Å². The topological polar surface area (TPSA) is 50.9 Å². The van der Waals surface area contributed by atoms with Gasteiger partial charge in [-0.2, -0.15) is 0 Å². The van der Waals surface area contributed by atoms with Crippen LogP contribution in [0.2, 0.25) is 0 Å². The number of aryl methyl sites for hydroxylation is 1. The Morgan fingerprint density at radius 2 is 1.90 bits per heavy atom. The van der Waals surface area contributed by atoms with E-state index >= 15 is 0 Å². The summed E-state index contributed by atoms with van der Waals surface area (Å²) in [6.45, 7) is 2.04. The van der Waals surface area contributed by atoms with Gasteiger partial charge in [0.2, 0.25) is 0 Å². The van der Waals surface area contributed by atoms with E-state index in [1.54, 1.807) is 6.20 Å². The summed E-state index contributed by atoms with van der Waals surface area (Å²) in [5.41, 5.74) is 10.6. The first-order valence-electron chi connectivity index (χ1n) is 6.66. The number of nitrogens with two attached hydrogens (primary N) is 1. The maximum atomic E-state index is 5.81. The Morgan fingerprint density at radius 1 is 1.10 bits per heavy atom. The molecular weight excluding hydrogens is 278 g/mol. The second kappa shape index (κ2) is 5.50. The lowest BCUT2D eigenvalue weighted by molar-refractivity contribution is 1.39. The fourth-order valence-electron chi connectivity index (χ4n) is 2.33. The molecule has 3 aromatic rings. The van der Waals surface area contributed by atoms with Gasteiger partial charge in [-0.05, 0) is 36.8 Å². The molecule has 0 atom stereocenters. The number of aromatic nitrogens is 1. The summed E-state index contributed by atoms with van der Waals surface area (Å²) in [5, 5.41) is 4.50. The van der Waals surface area contributed by atoms with Crippen LogP contribution in [-0.4, -0.2) is 9.97 Å². The highest BCUT2D eigenvalue weighted by Crippen LogP contribution is 2.27. The first kappa shape index (κ1) is 13.5. The number of hydrogen-bond donors (Lipinski definition) is 2. The van der Waals surface area contributed by atoms with E-state index in [2.05, 4.69) is 10.3 Å². The zero-order chi connectivity index (χ0) is 14.8. The standard InChI is InChI=1S/C17H15N3S/c1-11-7-8-13(17(18)21)15(10-11)20-14-6-2-4-12-5-3-9-19-16(12)14/h2-10,20H,1H3,(H2,18,21). The van der Waals surface area contributed by atoms with Gasteiger partial charge in [0.05, 0.1) is 11.2 Å². The minimum atomic E-state index is 0.380. The highest BCUT2D eigenvalue weighted by Gasteiger charge is 2.08. The Labute approximate surface area is 128 Å². The van der Waals surface area contributed by atoms with Crippen LogP contribution < -0.4 is 11.1 Å². The SMILES string of the molecule is Cc1ccc(C(N)=S)c(Nc2cccc3cccnc23)c1. The van der Waals surface area contributed by atoms with Crippen molar-refractivity contribution in [3.8, 4) is 0 Å². The lowest BCUT2D eigenvalue weighted by atomic mass is 10.1. The van der Waals surface area contributed by atoms with Crippen molar-refractivity contribution in [3.05, 3.63) is 65.9 Å². The molecule has 0 amide bonds. The van der Waals surface area contributed by atoms with E-state index in [1.165, 1.54) is 0 Å². The van der Waals surface area contributed by atoms with Crippen molar-refractivity contribution in [3.63, 3.8) is 0 Å². The van der Waals surface area contributed by atoms with Gasteiger partial charge in [0.25, 0.3) is 0 Å². The molecule has 0 aliphatic heterocycles. The molecule has 0 saturated carbocycles. The Balaban J connectivity index is 2.11. The Morgan fingerprint density at radius 3 is 2.71 bits per heavy atom. The van der Waals surface area contributed by atoms with Crippen LogP contribution in [0, 0.1) is 6.92 Å². The van der Waals surface area contributed by atoms with Crippen LogP contribution in [0.15, 0.2) is 54.7 Å². The molecule has 0 aliphatic carbocycles. The average molecular weight is 293 g/mol. The Hall–Kier alpha value is -2.46. The number of pyridine rings is 1. The van der Waals surface area contributed by atoms with Crippen LogP contribution >= 0.6 is 12.2 Å². The van der Waals surface area contributed by atoms with Gasteiger partial charge in [0.1, 0.15) is 4.99 Å². The monoisotopic (exact) mass is 293 g/mol. The van der Waals surface area contributed by atoms with Crippen LogP contribution in [0.3, 0.4) is 0 Å². The number of fused-ring (bicyclic) bond motifs is 1. The summed E-state index contributed by atoms with van der Waals surface area (Å²) in [5.74, 6) is 0. The minimum absolute atomic E-state index is 0.380. The van der Waals surface area contributed by atoms with Crippen LogP contribution in [0.1, 0.15) is 11.1 Å². The van der Waals surface area contributed by atoms with Crippen molar-refractivity contribution in [1.82, 2.24) is 4.98 Å². The smallest absolute Gasteiger partial charge is 0.106 e. The molecule has 4 heteroatoms. The number of para-hydroxylation sites is 1. The Kier molecular flexibility index (Phi) is 3.54. The molecular formula is C17H15N3S. The molecule has 104 valence electrons. The molecule has 3 rings (SSSR count). The molecule has 0 unspecified atom stereocenters. The summed E-state index contributed by atoms with van der Waals surface area (Å²) in [7, 11) is 0. The van der Waals surface area contributed by atoms with Crippen molar-refractivity contribution in [2.24, 2.45) is 5.73 Å². The summed E-state index contributed by atoms with van der Waals surface area (Å²) in [6, 6.07) is 16.0. The van der Waals surface area contributed by atoms with Crippen LogP contribution in [0.25, 0.3) is 10.9 Å². The fourth-order valence-corrected chi connectivity index (χ4v) is 2.50. The second-order valence-corrected chi connectivity index (χ2v) is 5.36. The lowest BCUT2D eigenvalue weighted by Crippen LogP contribution is -2.12. The van der Waals surface area contributed by atoms with E-state index in [-0.39, 0.29) is 0 Å². The molecule has 0 bridgehead atoms. The lowest BCUT2D eigenvalue weighted by Gasteiger charge is -2.13. The summed E-state index contributed by atoms with van der Waals surface area (Å²) < 4.78 is 0. The minimum Gasteiger partial charge on any atom is -0.389 e. The van der Waals surface area contributed by atoms with E-state index in [9.17, 15) is 0 Å². The van der Waals surface area contributed by atoms with Gasteiger partial charge < -0.3 is 11.1 Å². The zero-order valence-electron chi connectivity index (χ0n) is 11.6. The third-order valence-corrected chi connectivity index (χ3v) is 3.56. The van der Waals surface area contributed by atoms with Gasteiger partial charge in [-0.3, -0.25) is 4.98 Å². The first-order chi connectivity index (χ1) is 10.1. The summed E-state index contributed by atoms with van der Waals surface area (Å²) >= 11 is 5.13. The quantitative estimate of drug-likeness (QED) is 0.719. The number of thiocarbonyl (C=S) groups is 1.